The Balaban J connectivity index is 1.59. The van der Waals surface area contributed by atoms with Crippen molar-refractivity contribution in [3.8, 4) is 0 Å². The first-order valence-electron chi connectivity index (χ1n) is 20.0. The zero-order chi connectivity index (χ0) is 46.1. The van der Waals surface area contributed by atoms with Crippen molar-refractivity contribution in [3.05, 3.63) is 137 Å². The van der Waals surface area contributed by atoms with E-state index in [-0.39, 0.29) is 95.3 Å². The largest absolute Gasteiger partial charge is 0.425 e. The molecule has 1 unspecified atom stereocenters. The van der Waals surface area contributed by atoms with Crippen molar-refractivity contribution < 1.29 is 44.8 Å². The number of nitrogens with two attached hydrogens (primary N) is 1. The highest BCUT2D eigenvalue weighted by atomic mass is 16.5. The molecule has 4 rings (SSSR count). The van der Waals surface area contributed by atoms with E-state index in [0.717, 1.165) is 29.2 Å². The first-order valence-corrected chi connectivity index (χ1v) is 20.0. The molecule has 0 aliphatic rings. The number of hydrogen-bond acceptors (Lipinski definition) is 14. The van der Waals surface area contributed by atoms with Crippen molar-refractivity contribution in [2.75, 3.05) is 45.8 Å². The summed E-state index contributed by atoms with van der Waals surface area (Å²) in [5.41, 5.74) is 0.511. The Bertz CT molecular complexity index is 2500. The molecule has 63 heavy (non-hydrogen) atoms. The van der Waals surface area contributed by atoms with Crippen LogP contribution >= 0.6 is 0 Å². The third-order valence-electron chi connectivity index (χ3n) is 9.69. The molecule has 0 saturated carbocycles. The number of carbonyl (C=O) groups excluding carboxylic acids is 5. The monoisotopic (exact) mass is 878 g/mol. The van der Waals surface area contributed by atoms with Crippen LogP contribution in [0.4, 0.5) is 0 Å². The van der Waals surface area contributed by atoms with E-state index in [4.69, 9.17) is 5.73 Å². The SMILES string of the molecule is NCCCCCNC(=O)C(CCCN(CCCNC(=O)c1cccc(=O)n1O)C(=O)c1cccc(=O)n1O)N(CCCNC(=O)c1cccc(=O)n1O)C(=O)c1cccc(=O)n1O. The van der Waals surface area contributed by atoms with Gasteiger partial charge in [-0.2, -0.15) is 0 Å². The molecule has 338 valence electrons. The first kappa shape index (κ1) is 48.0. The van der Waals surface area contributed by atoms with Crippen LogP contribution in [0.3, 0.4) is 0 Å². The second-order valence-electron chi connectivity index (χ2n) is 14.1. The van der Waals surface area contributed by atoms with Gasteiger partial charge < -0.3 is 52.3 Å². The van der Waals surface area contributed by atoms with Gasteiger partial charge in [-0.3, -0.25) is 43.2 Å². The van der Waals surface area contributed by atoms with Crippen molar-refractivity contribution in [2.45, 2.75) is 51.0 Å². The third-order valence-corrected chi connectivity index (χ3v) is 9.69. The molecular formula is C40H50N10O13. The lowest BCUT2D eigenvalue weighted by atomic mass is 10.1. The lowest BCUT2D eigenvalue weighted by molar-refractivity contribution is -0.126. The molecule has 1 atom stereocenters. The quantitative estimate of drug-likeness (QED) is 0.0324. The van der Waals surface area contributed by atoms with Crippen LogP contribution in [0.5, 0.6) is 0 Å². The Kier molecular flexibility index (Phi) is 17.8. The standard InChI is InChI=1S/C40H50N10O13/c41-20-2-1-3-21-42-36(55)27(46(40(59)31-14-7-19-35(54)50(31)63)26-10-23-44-38(57)29-12-5-17-33(52)48(29)61)15-8-24-45(39(58)30-13-6-18-34(53)49(30)62)25-9-22-43-37(56)28-11-4-16-32(51)47(28)60/h4-7,11-14,16-19,27,60-63H,1-3,8-10,15,20-26,41H2,(H,42,55)(H,43,56)(H,44,57). The minimum atomic E-state index is -1.32. The Morgan fingerprint density at radius 3 is 1.41 bits per heavy atom. The van der Waals surface area contributed by atoms with E-state index in [1.807, 2.05) is 0 Å². The Labute approximate surface area is 358 Å². The lowest BCUT2D eigenvalue weighted by Gasteiger charge is -2.32. The van der Waals surface area contributed by atoms with Gasteiger partial charge in [0.25, 0.3) is 45.9 Å². The molecule has 0 radical (unpaired) electrons. The molecule has 9 N–H and O–H groups in total. The molecule has 0 saturated heterocycles. The van der Waals surface area contributed by atoms with Crippen LogP contribution in [-0.2, 0) is 4.79 Å². The molecule has 4 heterocycles. The van der Waals surface area contributed by atoms with Crippen LogP contribution in [0.2, 0.25) is 0 Å². The summed E-state index contributed by atoms with van der Waals surface area (Å²) in [6.45, 7) is -0.0606. The minimum absolute atomic E-state index is 0.00404. The normalized spacial score (nSPS) is 11.3. The molecule has 5 amide bonds. The highest BCUT2D eigenvalue weighted by Gasteiger charge is 2.32. The Hall–Kier alpha value is -7.69. The maximum Gasteiger partial charge on any atom is 0.283 e. The Morgan fingerprint density at radius 1 is 0.508 bits per heavy atom. The van der Waals surface area contributed by atoms with Crippen LogP contribution < -0.4 is 43.9 Å². The fraction of sp³-hybridized carbons (Fsp3) is 0.375. The van der Waals surface area contributed by atoms with Crippen molar-refractivity contribution >= 4 is 29.5 Å². The second kappa shape index (κ2) is 23.3. The van der Waals surface area contributed by atoms with E-state index in [2.05, 4.69) is 16.0 Å². The number of nitrogens with zero attached hydrogens (tertiary/aromatic N) is 6. The van der Waals surface area contributed by atoms with E-state index in [1.165, 1.54) is 53.4 Å². The Morgan fingerprint density at radius 2 is 0.921 bits per heavy atom. The van der Waals surface area contributed by atoms with Crippen molar-refractivity contribution in [3.63, 3.8) is 0 Å². The molecule has 0 fully saturated rings. The number of pyridine rings is 4. The van der Waals surface area contributed by atoms with Crippen molar-refractivity contribution in [1.29, 1.82) is 0 Å². The van der Waals surface area contributed by atoms with E-state index in [0.29, 0.717) is 25.8 Å². The smallest absolute Gasteiger partial charge is 0.283 e. The molecular weight excluding hydrogens is 828 g/mol. The molecule has 0 aliphatic heterocycles. The van der Waals surface area contributed by atoms with E-state index < -0.39 is 69.2 Å². The first-order chi connectivity index (χ1) is 30.2. The van der Waals surface area contributed by atoms with Crippen LogP contribution in [-0.4, -0.2) is 131 Å². The van der Waals surface area contributed by atoms with Crippen LogP contribution in [0.25, 0.3) is 0 Å². The van der Waals surface area contributed by atoms with E-state index >= 15 is 0 Å². The predicted molar refractivity (Wildman–Crippen MR) is 221 cm³/mol. The summed E-state index contributed by atoms with van der Waals surface area (Å²) in [6, 6.07) is 12.7. The summed E-state index contributed by atoms with van der Waals surface area (Å²) in [5.74, 6) is -3.99. The zero-order valence-corrected chi connectivity index (χ0v) is 34.1. The van der Waals surface area contributed by atoms with Crippen LogP contribution in [0.1, 0.15) is 86.9 Å². The second-order valence-corrected chi connectivity index (χ2v) is 14.1. The number of hydrogen-bond donors (Lipinski definition) is 8. The minimum Gasteiger partial charge on any atom is -0.425 e. The predicted octanol–water partition coefficient (Wildman–Crippen LogP) is -1.10. The van der Waals surface area contributed by atoms with Gasteiger partial charge in [0, 0.05) is 63.5 Å². The number of carbonyl (C=O) groups is 5. The molecule has 0 aromatic carbocycles. The third kappa shape index (κ3) is 12.9. The van der Waals surface area contributed by atoms with Crippen molar-refractivity contribution in [2.24, 2.45) is 5.73 Å². The van der Waals surface area contributed by atoms with Gasteiger partial charge in [0.05, 0.1) is 0 Å². The maximum atomic E-state index is 14.2. The van der Waals surface area contributed by atoms with Gasteiger partial charge in [-0.25, -0.2) is 0 Å². The number of unbranched alkanes of at least 4 members (excludes halogenated alkanes) is 2. The fourth-order valence-corrected chi connectivity index (χ4v) is 6.40. The molecule has 0 spiro atoms. The molecule has 0 bridgehead atoms. The highest BCUT2D eigenvalue weighted by Crippen LogP contribution is 2.16. The number of rotatable bonds is 23. The van der Waals surface area contributed by atoms with Gasteiger partial charge >= 0.3 is 0 Å². The van der Waals surface area contributed by atoms with Gasteiger partial charge in [-0.15, -0.1) is 18.9 Å². The average Bonchev–Trinajstić information content (AvgIpc) is 3.26. The zero-order valence-electron chi connectivity index (χ0n) is 34.1. The highest BCUT2D eigenvalue weighted by molar-refractivity contribution is 5.96. The molecule has 23 nitrogen and oxygen atoms in total. The maximum absolute atomic E-state index is 14.2. The molecule has 4 aromatic rings. The summed E-state index contributed by atoms with van der Waals surface area (Å²) in [7, 11) is 0. The topological polar surface area (TPSA) is 323 Å². The summed E-state index contributed by atoms with van der Waals surface area (Å²) >= 11 is 0. The van der Waals surface area contributed by atoms with Crippen LogP contribution in [0.15, 0.2) is 92.0 Å². The lowest BCUT2D eigenvalue weighted by Crippen LogP contribution is -2.51. The fourth-order valence-electron chi connectivity index (χ4n) is 6.40. The number of aromatic nitrogens is 4. The van der Waals surface area contributed by atoms with E-state index in [1.54, 1.807) is 0 Å². The molecule has 4 aromatic heterocycles. The van der Waals surface area contributed by atoms with Gasteiger partial charge in [0.15, 0.2) is 0 Å². The summed E-state index contributed by atoms with van der Waals surface area (Å²) in [6.07, 6.45) is 1.85. The number of amides is 5. The molecule has 23 heteroatoms. The van der Waals surface area contributed by atoms with Gasteiger partial charge in [0.2, 0.25) is 5.91 Å². The number of nitrogens with one attached hydrogen (secondary N) is 3. The van der Waals surface area contributed by atoms with Gasteiger partial charge in [-0.1, -0.05) is 30.7 Å². The molecule has 0 aliphatic carbocycles. The average molecular weight is 879 g/mol. The summed E-state index contributed by atoms with van der Waals surface area (Å²) in [4.78, 5) is 118. The van der Waals surface area contributed by atoms with Crippen LogP contribution in [0, 0.1) is 0 Å². The van der Waals surface area contributed by atoms with Gasteiger partial charge in [0.1, 0.15) is 28.8 Å². The summed E-state index contributed by atoms with van der Waals surface area (Å²) in [5, 5.41) is 48.8. The van der Waals surface area contributed by atoms with Gasteiger partial charge in [-0.05, 0) is 69.3 Å². The van der Waals surface area contributed by atoms with Crippen molar-refractivity contribution in [1.82, 2.24) is 44.7 Å². The summed E-state index contributed by atoms with van der Waals surface area (Å²) < 4.78 is 0.629. The van der Waals surface area contributed by atoms with E-state index in [9.17, 15) is 64.0 Å².